The van der Waals surface area contributed by atoms with Gasteiger partial charge >= 0.3 is 12.1 Å². The summed E-state index contributed by atoms with van der Waals surface area (Å²) >= 11 is 6.82. The minimum Gasteiger partial charge on any atom is -0.467 e. The summed E-state index contributed by atoms with van der Waals surface area (Å²) in [4.78, 5) is 22.8. The van der Waals surface area contributed by atoms with Crippen molar-refractivity contribution in [1.82, 2.24) is 5.32 Å². The molecule has 0 spiro atoms. The van der Waals surface area contributed by atoms with Crippen molar-refractivity contribution in [1.29, 1.82) is 0 Å². The van der Waals surface area contributed by atoms with Crippen LogP contribution in [0.5, 0.6) is 0 Å². The quantitative estimate of drug-likeness (QED) is 0.617. The SMILES string of the molecule is COC(=O)[C@@H](CSCCl)NC(=O)OC(C)(C)C. The number of carbonyl (C=O) groups excluding carboxylic acids is 2. The van der Waals surface area contributed by atoms with E-state index in [1.807, 2.05) is 0 Å². The summed E-state index contributed by atoms with van der Waals surface area (Å²) in [5.74, 6) is -0.177. The van der Waals surface area contributed by atoms with Crippen LogP contribution in [0.1, 0.15) is 20.8 Å². The molecule has 0 aromatic heterocycles. The zero-order valence-electron chi connectivity index (χ0n) is 10.4. The molecular weight excluding hydrogens is 266 g/mol. The molecule has 0 radical (unpaired) electrons. The Bertz CT molecular complexity index is 268. The van der Waals surface area contributed by atoms with Gasteiger partial charge < -0.3 is 14.8 Å². The second-order valence-corrected chi connectivity index (χ2v) is 5.82. The lowest BCUT2D eigenvalue weighted by molar-refractivity contribution is -0.142. The smallest absolute Gasteiger partial charge is 0.408 e. The van der Waals surface area contributed by atoms with Gasteiger partial charge in [-0.25, -0.2) is 9.59 Å². The highest BCUT2D eigenvalue weighted by Crippen LogP contribution is 2.09. The third kappa shape index (κ3) is 8.15. The van der Waals surface area contributed by atoms with Crippen molar-refractivity contribution in [2.45, 2.75) is 32.4 Å². The van der Waals surface area contributed by atoms with Gasteiger partial charge in [0.25, 0.3) is 0 Å². The van der Waals surface area contributed by atoms with Gasteiger partial charge in [0.1, 0.15) is 11.6 Å². The molecule has 0 aromatic carbocycles. The van der Waals surface area contributed by atoms with Gasteiger partial charge in [-0.1, -0.05) is 0 Å². The molecule has 0 aliphatic carbocycles. The number of ether oxygens (including phenoxy) is 2. The van der Waals surface area contributed by atoms with Crippen LogP contribution < -0.4 is 5.32 Å². The van der Waals surface area contributed by atoms with Gasteiger partial charge in [0.05, 0.1) is 12.3 Å². The fourth-order valence-corrected chi connectivity index (χ4v) is 1.73. The Morgan fingerprint density at radius 1 is 1.41 bits per heavy atom. The first-order valence-corrected chi connectivity index (χ1v) is 6.70. The molecule has 0 rings (SSSR count). The normalized spacial score (nSPS) is 12.8. The number of esters is 1. The van der Waals surface area contributed by atoms with Crippen molar-refractivity contribution in [3.05, 3.63) is 0 Å². The lowest BCUT2D eigenvalue weighted by Crippen LogP contribution is -2.45. The topological polar surface area (TPSA) is 64.6 Å². The van der Waals surface area contributed by atoms with Crippen LogP contribution in [0.2, 0.25) is 0 Å². The summed E-state index contributed by atoms with van der Waals surface area (Å²) in [5.41, 5.74) is -0.607. The van der Waals surface area contributed by atoms with Crippen LogP contribution in [0.15, 0.2) is 0 Å². The number of thioether (sulfide) groups is 1. The molecule has 17 heavy (non-hydrogen) atoms. The molecule has 7 heteroatoms. The molecular formula is C10H18ClNO4S. The zero-order chi connectivity index (χ0) is 13.5. The van der Waals surface area contributed by atoms with E-state index in [1.54, 1.807) is 20.8 Å². The molecule has 0 bridgehead atoms. The van der Waals surface area contributed by atoms with Crippen molar-refractivity contribution in [3.63, 3.8) is 0 Å². The van der Waals surface area contributed by atoms with Crippen molar-refractivity contribution in [2.24, 2.45) is 0 Å². The molecule has 0 aliphatic heterocycles. The van der Waals surface area contributed by atoms with E-state index in [9.17, 15) is 9.59 Å². The van der Waals surface area contributed by atoms with E-state index in [1.165, 1.54) is 18.9 Å². The molecule has 0 unspecified atom stereocenters. The van der Waals surface area contributed by atoms with E-state index in [2.05, 4.69) is 10.1 Å². The van der Waals surface area contributed by atoms with E-state index >= 15 is 0 Å². The van der Waals surface area contributed by atoms with Crippen LogP contribution in [0.25, 0.3) is 0 Å². The van der Waals surface area contributed by atoms with Gasteiger partial charge in [0, 0.05) is 5.75 Å². The summed E-state index contributed by atoms with van der Waals surface area (Å²) in [7, 11) is 1.26. The van der Waals surface area contributed by atoms with E-state index in [0.29, 0.717) is 11.0 Å². The highest BCUT2D eigenvalue weighted by Gasteiger charge is 2.24. The van der Waals surface area contributed by atoms with Crippen LogP contribution in [0.3, 0.4) is 0 Å². The number of hydrogen-bond acceptors (Lipinski definition) is 5. The molecule has 1 N–H and O–H groups in total. The van der Waals surface area contributed by atoms with E-state index < -0.39 is 23.7 Å². The molecule has 0 saturated heterocycles. The Balaban J connectivity index is 4.32. The first kappa shape index (κ1) is 16.4. The second kappa shape index (κ2) is 7.66. The number of rotatable bonds is 5. The van der Waals surface area contributed by atoms with E-state index in [-0.39, 0.29) is 0 Å². The number of carbonyl (C=O) groups is 2. The van der Waals surface area contributed by atoms with Crippen LogP contribution in [-0.4, -0.2) is 41.8 Å². The number of alkyl carbamates (subject to hydrolysis) is 1. The second-order valence-electron chi connectivity index (χ2n) is 4.20. The Hall–Kier alpha value is -0.620. The number of methoxy groups -OCH3 is 1. The van der Waals surface area contributed by atoms with Gasteiger partial charge in [-0.05, 0) is 20.8 Å². The Morgan fingerprint density at radius 3 is 2.41 bits per heavy atom. The lowest BCUT2D eigenvalue weighted by Gasteiger charge is -2.22. The fourth-order valence-electron chi connectivity index (χ4n) is 0.923. The lowest BCUT2D eigenvalue weighted by atomic mass is 10.2. The minimum absolute atomic E-state index is 0.337. The molecule has 100 valence electrons. The fraction of sp³-hybridized carbons (Fsp3) is 0.800. The summed E-state index contributed by atoms with van der Waals surface area (Å²) in [6, 6.07) is -0.751. The van der Waals surface area contributed by atoms with Crippen LogP contribution in [-0.2, 0) is 14.3 Å². The number of alkyl halides is 1. The molecule has 1 amide bonds. The van der Waals surface area contributed by atoms with E-state index in [4.69, 9.17) is 16.3 Å². The third-order valence-electron chi connectivity index (χ3n) is 1.54. The first-order valence-electron chi connectivity index (χ1n) is 5.01. The molecule has 0 aromatic rings. The molecule has 0 heterocycles. The highest BCUT2D eigenvalue weighted by molar-refractivity contribution is 8.00. The number of nitrogens with one attached hydrogen (secondary N) is 1. The van der Waals surface area contributed by atoms with Gasteiger partial charge in [-0.3, -0.25) is 0 Å². The Morgan fingerprint density at radius 2 is 2.00 bits per heavy atom. The number of halogens is 1. The molecule has 0 saturated carbocycles. The van der Waals surface area contributed by atoms with Crippen LogP contribution in [0, 0.1) is 0 Å². The average Bonchev–Trinajstić information content (AvgIpc) is 2.20. The highest BCUT2D eigenvalue weighted by atomic mass is 35.5. The average molecular weight is 284 g/mol. The van der Waals surface area contributed by atoms with Crippen molar-refractivity contribution >= 4 is 35.4 Å². The summed E-state index contributed by atoms with van der Waals surface area (Å²) in [6.45, 7) is 5.23. The standard InChI is InChI=1S/C10H18ClNO4S/c1-10(2,3)16-9(14)12-7(5-17-6-11)8(13)15-4/h7H,5-6H2,1-4H3,(H,12,14)/t7-/m1/s1. The van der Waals surface area contributed by atoms with Crippen molar-refractivity contribution < 1.29 is 19.1 Å². The minimum atomic E-state index is -0.751. The van der Waals surface area contributed by atoms with Crippen LogP contribution >= 0.6 is 23.4 Å². The van der Waals surface area contributed by atoms with Gasteiger partial charge in [0.2, 0.25) is 0 Å². The predicted molar refractivity (Wildman–Crippen MR) is 68.4 cm³/mol. The summed E-state index contributed by atoms with van der Waals surface area (Å²) in [5, 5.41) is 2.78. The van der Waals surface area contributed by atoms with E-state index in [0.717, 1.165) is 0 Å². The molecule has 0 fully saturated rings. The molecule has 1 atom stereocenters. The first-order chi connectivity index (χ1) is 7.80. The monoisotopic (exact) mass is 283 g/mol. The maximum atomic E-state index is 11.5. The maximum absolute atomic E-state index is 11.5. The molecule has 0 aliphatic rings. The predicted octanol–water partition coefficient (Wildman–Crippen LogP) is 1.98. The van der Waals surface area contributed by atoms with Crippen LogP contribution in [0.4, 0.5) is 4.79 Å². The maximum Gasteiger partial charge on any atom is 0.408 e. The summed E-state index contributed by atoms with van der Waals surface area (Å²) in [6.07, 6.45) is -0.650. The zero-order valence-corrected chi connectivity index (χ0v) is 12.0. The van der Waals surface area contributed by atoms with Gasteiger partial charge in [-0.15, -0.1) is 23.4 Å². The van der Waals surface area contributed by atoms with Gasteiger partial charge in [0.15, 0.2) is 0 Å². The molecule has 5 nitrogen and oxygen atoms in total. The third-order valence-corrected chi connectivity index (χ3v) is 2.72. The number of amides is 1. The van der Waals surface area contributed by atoms with Gasteiger partial charge in [-0.2, -0.15) is 0 Å². The van der Waals surface area contributed by atoms with Crippen molar-refractivity contribution in [3.8, 4) is 0 Å². The Kier molecular flexibility index (Phi) is 7.38. The number of hydrogen-bond donors (Lipinski definition) is 1. The largest absolute Gasteiger partial charge is 0.467 e. The summed E-state index contributed by atoms with van der Waals surface area (Å²) < 4.78 is 9.62. The van der Waals surface area contributed by atoms with Crippen molar-refractivity contribution in [2.75, 3.05) is 18.1 Å². The Labute approximate surface area is 111 Å².